The minimum atomic E-state index is -0.374. The standard InChI is InChI=1S/C21H19FN6OS/c22-16-2-1-5-24-21(16)30-18-10-15(13-28-20(18)17(23)12-26-28)14-3-4-19(25-11-14)27-6-8-29-9-7-27/h1-5,10-13H,6-9,23H2. The van der Waals surface area contributed by atoms with Crippen LogP contribution in [-0.4, -0.2) is 45.9 Å². The number of nitrogens with zero attached hydrogens (tertiary/aromatic N) is 5. The molecule has 0 bridgehead atoms. The summed E-state index contributed by atoms with van der Waals surface area (Å²) in [6.07, 6.45) is 6.91. The third kappa shape index (κ3) is 3.57. The first kappa shape index (κ1) is 18.8. The summed E-state index contributed by atoms with van der Waals surface area (Å²) in [4.78, 5) is 11.8. The fourth-order valence-corrected chi connectivity index (χ4v) is 4.41. The highest BCUT2D eigenvalue weighted by Crippen LogP contribution is 2.36. The molecule has 1 fully saturated rings. The smallest absolute Gasteiger partial charge is 0.155 e. The Morgan fingerprint density at radius 1 is 1.07 bits per heavy atom. The van der Waals surface area contributed by atoms with E-state index in [-0.39, 0.29) is 10.8 Å². The lowest BCUT2D eigenvalue weighted by Crippen LogP contribution is -2.36. The van der Waals surface area contributed by atoms with Crippen LogP contribution in [-0.2, 0) is 4.74 Å². The molecule has 0 aliphatic carbocycles. The first-order valence-electron chi connectivity index (χ1n) is 9.53. The Morgan fingerprint density at radius 2 is 1.93 bits per heavy atom. The minimum Gasteiger partial charge on any atom is -0.396 e. The van der Waals surface area contributed by atoms with Crippen molar-refractivity contribution in [2.45, 2.75) is 9.92 Å². The van der Waals surface area contributed by atoms with Crippen molar-refractivity contribution < 1.29 is 9.13 Å². The highest BCUT2D eigenvalue weighted by molar-refractivity contribution is 7.99. The molecule has 9 heteroatoms. The molecule has 1 saturated heterocycles. The molecule has 7 nitrogen and oxygen atoms in total. The number of hydrogen-bond acceptors (Lipinski definition) is 7. The van der Waals surface area contributed by atoms with E-state index in [0.29, 0.717) is 18.9 Å². The maximum atomic E-state index is 14.2. The number of morpholine rings is 1. The molecule has 5 rings (SSSR count). The molecule has 1 aliphatic rings. The van der Waals surface area contributed by atoms with E-state index in [1.807, 2.05) is 30.6 Å². The quantitative estimate of drug-likeness (QED) is 0.539. The normalized spacial score (nSPS) is 14.4. The Bertz CT molecular complexity index is 1190. The van der Waals surface area contributed by atoms with Gasteiger partial charge in [0, 0.05) is 47.7 Å². The van der Waals surface area contributed by atoms with Gasteiger partial charge in [-0.15, -0.1) is 0 Å². The summed E-state index contributed by atoms with van der Waals surface area (Å²) in [6.45, 7) is 3.10. The number of pyridine rings is 3. The zero-order valence-corrected chi connectivity index (χ0v) is 16.8. The summed E-state index contributed by atoms with van der Waals surface area (Å²) in [5.74, 6) is 0.553. The molecule has 0 atom stereocenters. The molecule has 30 heavy (non-hydrogen) atoms. The van der Waals surface area contributed by atoms with E-state index in [0.717, 1.165) is 40.4 Å². The van der Waals surface area contributed by atoms with Gasteiger partial charge in [0.2, 0.25) is 0 Å². The summed E-state index contributed by atoms with van der Waals surface area (Å²) in [7, 11) is 0. The molecule has 4 aromatic rings. The Labute approximate surface area is 176 Å². The molecule has 2 N–H and O–H groups in total. The second-order valence-corrected chi connectivity index (χ2v) is 7.91. The van der Waals surface area contributed by atoms with E-state index < -0.39 is 0 Å². The monoisotopic (exact) mass is 422 g/mol. The van der Waals surface area contributed by atoms with E-state index >= 15 is 0 Å². The summed E-state index contributed by atoms with van der Waals surface area (Å²) < 4.78 is 21.3. The van der Waals surface area contributed by atoms with E-state index in [9.17, 15) is 4.39 Å². The van der Waals surface area contributed by atoms with Crippen LogP contribution in [0.3, 0.4) is 0 Å². The van der Waals surface area contributed by atoms with Gasteiger partial charge in [0.1, 0.15) is 16.4 Å². The molecular weight excluding hydrogens is 403 g/mol. The van der Waals surface area contributed by atoms with Crippen molar-refractivity contribution in [1.82, 2.24) is 19.6 Å². The Balaban J connectivity index is 1.52. The van der Waals surface area contributed by atoms with E-state index in [1.54, 1.807) is 23.0 Å². The maximum Gasteiger partial charge on any atom is 0.155 e. The van der Waals surface area contributed by atoms with Crippen molar-refractivity contribution in [2.24, 2.45) is 0 Å². The number of anilines is 2. The van der Waals surface area contributed by atoms with Crippen molar-refractivity contribution in [3.8, 4) is 11.1 Å². The second kappa shape index (κ2) is 7.92. The SMILES string of the molecule is Nc1cnn2cc(-c3ccc(N4CCOCC4)nc3)cc(Sc3ncccc3F)c12. The number of nitrogens with two attached hydrogens (primary N) is 1. The van der Waals surface area contributed by atoms with Gasteiger partial charge in [-0.25, -0.2) is 18.9 Å². The van der Waals surface area contributed by atoms with Crippen LogP contribution >= 0.6 is 11.8 Å². The lowest BCUT2D eigenvalue weighted by molar-refractivity contribution is 0.122. The van der Waals surface area contributed by atoms with Gasteiger partial charge in [0.05, 0.1) is 25.1 Å². The molecule has 0 unspecified atom stereocenters. The van der Waals surface area contributed by atoms with Crippen molar-refractivity contribution in [3.05, 3.63) is 60.9 Å². The number of rotatable bonds is 4. The van der Waals surface area contributed by atoms with Crippen LogP contribution in [0.25, 0.3) is 16.6 Å². The molecular formula is C21H19FN6OS. The van der Waals surface area contributed by atoms with Crippen molar-refractivity contribution in [1.29, 1.82) is 0 Å². The van der Waals surface area contributed by atoms with Gasteiger partial charge in [-0.3, -0.25) is 0 Å². The average molecular weight is 422 g/mol. The van der Waals surface area contributed by atoms with Crippen LogP contribution in [0.1, 0.15) is 0 Å². The third-order valence-corrected chi connectivity index (χ3v) is 5.98. The Kier molecular flexibility index (Phi) is 4.97. The Morgan fingerprint density at radius 3 is 2.70 bits per heavy atom. The summed E-state index contributed by atoms with van der Waals surface area (Å²) in [5.41, 5.74) is 9.22. The van der Waals surface area contributed by atoms with E-state index in [1.165, 1.54) is 17.8 Å². The average Bonchev–Trinajstić information content (AvgIpc) is 3.17. The Hall–Kier alpha value is -3.17. The van der Waals surface area contributed by atoms with Crippen LogP contribution in [0.15, 0.2) is 65.0 Å². The largest absolute Gasteiger partial charge is 0.396 e. The maximum absolute atomic E-state index is 14.2. The highest BCUT2D eigenvalue weighted by atomic mass is 32.2. The molecule has 5 heterocycles. The summed E-state index contributed by atoms with van der Waals surface area (Å²) >= 11 is 1.23. The molecule has 0 radical (unpaired) electrons. The molecule has 0 aromatic carbocycles. The second-order valence-electron chi connectivity index (χ2n) is 6.88. The number of aromatic nitrogens is 4. The zero-order valence-electron chi connectivity index (χ0n) is 16.0. The summed E-state index contributed by atoms with van der Waals surface area (Å²) in [6, 6.07) is 8.97. The predicted molar refractivity (Wildman–Crippen MR) is 114 cm³/mol. The fourth-order valence-electron chi connectivity index (χ4n) is 3.43. The summed E-state index contributed by atoms with van der Waals surface area (Å²) in [5, 5.41) is 4.63. The molecule has 0 amide bonds. The van der Waals surface area contributed by atoms with Crippen LogP contribution in [0.2, 0.25) is 0 Å². The number of nitrogen functional groups attached to an aromatic ring is 1. The van der Waals surface area contributed by atoms with Gasteiger partial charge >= 0.3 is 0 Å². The molecule has 0 saturated carbocycles. The minimum absolute atomic E-state index is 0.290. The van der Waals surface area contributed by atoms with Gasteiger partial charge < -0.3 is 15.4 Å². The lowest BCUT2D eigenvalue weighted by atomic mass is 10.1. The van der Waals surface area contributed by atoms with Crippen LogP contribution in [0.4, 0.5) is 15.9 Å². The van der Waals surface area contributed by atoms with E-state index in [2.05, 4.69) is 20.0 Å². The first-order valence-corrected chi connectivity index (χ1v) is 10.3. The number of fused-ring (bicyclic) bond motifs is 1. The topological polar surface area (TPSA) is 81.6 Å². The molecule has 4 aromatic heterocycles. The van der Waals surface area contributed by atoms with Crippen molar-refractivity contribution >= 4 is 28.8 Å². The number of hydrogen-bond donors (Lipinski definition) is 1. The fraction of sp³-hybridized carbons (Fsp3) is 0.190. The molecule has 1 aliphatic heterocycles. The zero-order chi connectivity index (χ0) is 20.5. The predicted octanol–water partition coefficient (Wildman–Crippen LogP) is 3.50. The first-order chi connectivity index (χ1) is 14.7. The highest BCUT2D eigenvalue weighted by Gasteiger charge is 2.16. The van der Waals surface area contributed by atoms with Gasteiger partial charge in [-0.2, -0.15) is 5.10 Å². The van der Waals surface area contributed by atoms with Crippen molar-refractivity contribution in [3.63, 3.8) is 0 Å². The van der Waals surface area contributed by atoms with Gasteiger partial charge in [0.25, 0.3) is 0 Å². The lowest BCUT2D eigenvalue weighted by Gasteiger charge is -2.27. The number of halogens is 1. The van der Waals surface area contributed by atoms with E-state index in [4.69, 9.17) is 10.5 Å². The van der Waals surface area contributed by atoms with Crippen LogP contribution in [0, 0.1) is 5.82 Å². The van der Waals surface area contributed by atoms with Gasteiger partial charge in [-0.1, -0.05) is 11.8 Å². The van der Waals surface area contributed by atoms with Gasteiger partial charge in [-0.05, 0) is 30.3 Å². The van der Waals surface area contributed by atoms with Crippen LogP contribution in [0.5, 0.6) is 0 Å². The third-order valence-electron chi connectivity index (χ3n) is 4.95. The van der Waals surface area contributed by atoms with Gasteiger partial charge in [0.15, 0.2) is 5.82 Å². The number of ether oxygens (including phenoxy) is 1. The van der Waals surface area contributed by atoms with Crippen molar-refractivity contribution in [2.75, 3.05) is 36.9 Å². The molecule has 152 valence electrons. The van der Waals surface area contributed by atoms with Crippen LogP contribution < -0.4 is 10.6 Å². The molecule has 0 spiro atoms.